The number of nitrogens with zero attached hydrogens (tertiary/aromatic N) is 2. The number of amides is 2. The third-order valence-electron chi connectivity index (χ3n) is 4.86. The van der Waals surface area contributed by atoms with Gasteiger partial charge in [-0.15, -0.1) is 0 Å². The third-order valence-corrected chi connectivity index (χ3v) is 4.86. The first-order valence-corrected chi connectivity index (χ1v) is 8.84. The molecule has 0 aromatic carbocycles. The molecule has 1 saturated heterocycles. The van der Waals surface area contributed by atoms with Crippen molar-refractivity contribution in [3.8, 4) is 0 Å². The molecule has 0 aromatic rings. The van der Waals surface area contributed by atoms with Crippen molar-refractivity contribution in [2.45, 2.75) is 65.6 Å². The van der Waals surface area contributed by atoms with Crippen molar-refractivity contribution in [3.63, 3.8) is 0 Å². The van der Waals surface area contributed by atoms with Crippen molar-refractivity contribution < 1.29 is 19.1 Å². The van der Waals surface area contributed by atoms with Crippen LogP contribution in [0.4, 0.5) is 0 Å². The maximum absolute atomic E-state index is 13.1. The van der Waals surface area contributed by atoms with Crippen LogP contribution in [0.25, 0.3) is 0 Å². The van der Waals surface area contributed by atoms with Crippen LogP contribution in [0.15, 0.2) is 0 Å². The monoisotopic (exact) mass is 355 g/mol. The first kappa shape index (κ1) is 21.4. The fourth-order valence-corrected chi connectivity index (χ4v) is 3.21. The molecule has 144 valence electrons. The van der Waals surface area contributed by atoms with E-state index in [1.54, 1.807) is 11.9 Å². The molecule has 1 fully saturated rings. The molecule has 0 saturated carbocycles. The van der Waals surface area contributed by atoms with Crippen LogP contribution >= 0.6 is 0 Å². The van der Waals surface area contributed by atoms with Crippen molar-refractivity contribution in [1.82, 2.24) is 9.80 Å². The normalized spacial score (nSPS) is 20.4. The lowest BCUT2D eigenvalue weighted by molar-refractivity contribution is -0.155. The number of rotatable bonds is 5. The molecule has 1 heterocycles. The van der Waals surface area contributed by atoms with Crippen molar-refractivity contribution in [1.29, 1.82) is 0 Å². The summed E-state index contributed by atoms with van der Waals surface area (Å²) in [5.74, 6) is -1.01. The van der Waals surface area contributed by atoms with Crippen LogP contribution < -0.4 is 5.73 Å². The van der Waals surface area contributed by atoms with Gasteiger partial charge in [0.05, 0.1) is 13.2 Å². The van der Waals surface area contributed by atoms with Gasteiger partial charge in [0, 0.05) is 13.6 Å². The van der Waals surface area contributed by atoms with Crippen LogP contribution in [0.2, 0.25) is 0 Å². The van der Waals surface area contributed by atoms with Crippen molar-refractivity contribution in [2.75, 3.05) is 20.7 Å². The molecule has 1 aliphatic heterocycles. The van der Waals surface area contributed by atoms with Crippen LogP contribution in [-0.2, 0) is 19.1 Å². The zero-order chi connectivity index (χ0) is 19.5. The number of hydrogen-bond acceptors (Lipinski definition) is 5. The second kappa shape index (κ2) is 8.17. The maximum atomic E-state index is 13.1. The molecular formula is C18H33N3O4. The summed E-state index contributed by atoms with van der Waals surface area (Å²) in [5.41, 5.74) is 5.69. The van der Waals surface area contributed by atoms with Gasteiger partial charge in [-0.3, -0.25) is 9.59 Å². The summed E-state index contributed by atoms with van der Waals surface area (Å²) < 4.78 is 4.81. The van der Waals surface area contributed by atoms with E-state index in [4.69, 9.17) is 10.5 Å². The number of esters is 1. The fraction of sp³-hybridized carbons (Fsp3) is 0.833. The molecule has 1 aliphatic rings. The second-order valence-electron chi connectivity index (χ2n) is 8.19. The predicted molar refractivity (Wildman–Crippen MR) is 95.6 cm³/mol. The van der Waals surface area contributed by atoms with Gasteiger partial charge >= 0.3 is 5.97 Å². The Morgan fingerprint density at radius 2 is 1.80 bits per heavy atom. The van der Waals surface area contributed by atoms with Gasteiger partial charge in [0.25, 0.3) is 0 Å². The summed E-state index contributed by atoms with van der Waals surface area (Å²) in [6.07, 6.45) is 1.33. The van der Waals surface area contributed by atoms with Gasteiger partial charge in [-0.05, 0) is 24.2 Å². The molecular weight excluding hydrogens is 322 g/mol. The lowest BCUT2D eigenvalue weighted by Gasteiger charge is -2.38. The molecule has 7 nitrogen and oxygen atoms in total. The second-order valence-corrected chi connectivity index (χ2v) is 8.19. The Labute approximate surface area is 150 Å². The Balaban J connectivity index is 3.04. The smallest absolute Gasteiger partial charge is 0.328 e. The molecule has 0 bridgehead atoms. The minimum atomic E-state index is -0.707. The Bertz CT molecular complexity index is 513. The highest BCUT2D eigenvalue weighted by molar-refractivity contribution is 5.92. The van der Waals surface area contributed by atoms with Crippen LogP contribution in [0.5, 0.6) is 0 Å². The van der Waals surface area contributed by atoms with E-state index < -0.39 is 29.5 Å². The zero-order valence-corrected chi connectivity index (χ0v) is 16.5. The predicted octanol–water partition coefficient (Wildman–Crippen LogP) is 1.01. The summed E-state index contributed by atoms with van der Waals surface area (Å²) in [6, 6.07) is -1.94. The molecule has 3 atom stereocenters. The van der Waals surface area contributed by atoms with Crippen molar-refractivity contribution >= 4 is 17.8 Å². The van der Waals surface area contributed by atoms with E-state index in [9.17, 15) is 14.4 Å². The average Bonchev–Trinajstić information content (AvgIpc) is 3.00. The fourth-order valence-electron chi connectivity index (χ4n) is 3.21. The molecule has 0 aliphatic carbocycles. The Hall–Kier alpha value is -1.63. The largest absolute Gasteiger partial charge is 0.467 e. The third kappa shape index (κ3) is 4.71. The molecule has 1 rings (SSSR count). The number of methoxy groups -OCH3 is 1. The Kier molecular flexibility index (Phi) is 6.99. The first-order valence-electron chi connectivity index (χ1n) is 8.84. The molecule has 0 aromatic heterocycles. The van der Waals surface area contributed by atoms with E-state index in [2.05, 4.69) is 0 Å². The number of nitrogens with two attached hydrogens (primary N) is 1. The van der Waals surface area contributed by atoms with Gasteiger partial charge in [0.1, 0.15) is 12.1 Å². The van der Waals surface area contributed by atoms with Crippen molar-refractivity contribution in [2.24, 2.45) is 17.1 Å². The van der Waals surface area contributed by atoms with Crippen LogP contribution in [0.3, 0.4) is 0 Å². The highest BCUT2D eigenvalue weighted by Gasteiger charge is 2.42. The Morgan fingerprint density at radius 1 is 1.24 bits per heavy atom. The molecule has 0 unspecified atom stereocenters. The van der Waals surface area contributed by atoms with Crippen LogP contribution in [0.1, 0.15) is 47.5 Å². The first-order chi connectivity index (χ1) is 11.4. The summed E-state index contributed by atoms with van der Waals surface area (Å²) in [4.78, 5) is 40.8. The minimum Gasteiger partial charge on any atom is -0.467 e. The molecule has 2 N–H and O–H groups in total. The number of ether oxygens (including phenoxy) is 1. The van der Waals surface area contributed by atoms with E-state index in [0.29, 0.717) is 13.0 Å². The number of carbonyl (C=O) groups excluding carboxylic acids is 3. The molecule has 25 heavy (non-hydrogen) atoms. The van der Waals surface area contributed by atoms with E-state index in [-0.39, 0.29) is 17.7 Å². The lowest BCUT2D eigenvalue weighted by atomic mass is 9.86. The van der Waals surface area contributed by atoms with Crippen LogP contribution in [0, 0.1) is 11.3 Å². The molecule has 0 spiro atoms. The van der Waals surface area contributed by atoms with Gasteiger partial charge in [0.2, 0.25) is 11.8 Å². The van der Waals surface area contributed by atoms with Gasteiger partial charge in [-0.25, -0.2) is 4.79 Å². The zero-order valence-electron chi connectivity index (χ0n) is 16.5. The molecule has 2 amide bonds. The van der Waals surface area contributed by atoms with E-state index in [1.807, 2.05) is 34.6 Å². The highest BCUT2D eigenvalue weighted by atomic mass is 16.5. The van der Waals surface area contributed by atoms with E-state index in [1.165, 1.54) is 12.0 Å². The number of likely N-dealkylation sites (tertiary alicyclic amines) is 1. The summed E-state index contributed by atoms with van der Waals surface area (Å²) in [5, 5.41) is 0. The van der Waals surface area contributed by atoms with Gasteiger partial charge in [-0.2, -0.15) is 0 Å². The minimum absolute atomic E-state index is 0.104. The number of hydrogen-bond donors (Lipinski definition) is 1. The summed E-state index contributed by atoms with van der Waals surface area (Å²) >= 11 is 0. The van der Waals surface area contributed by atoms with E-state index in [0.717, 1.165) is 6.42 Å². The number of carbonyl (C=O) groups is 3. The summed E-state index contributed by atoms with van der Waals surface area (Å²) in [7, 11) is 2.93. The van der Waals surface area contributed by atoms with Gasteiger partial charge in [-0.1, -0.05) is 34.6 Å². The van der Waals surface area contributed by atoms with Gasteiger partial charge in [0.15, 0.2) is 0 Å². The topological polar surface area (TPSA) is 92.9 Å². The van der Waals surface area contributed by atoms with Crippen molar-refractivity contribution in [3.05, 3.63) is 0 Å². The molecule has 0 radical (unpaired) electrons. The molecule has 7 heteroatoms. The maximum Gasteiger partial charge on any atom is 0.328 e. The quantitative estimate of drug-likeness (QED) is 0.743. The summed E-state index contributed by atoms with van der Waals surface area (Å²) in [6.45, 7) is 9.95. The number of likely N-dealkylation sites (N-methyl/N-ethyl adjacent to an activating group) is 1. The van der Waals surface area contributed by atoms with Gasteiger partial charge < -0.3 is 20.3 Å². The highest BCUT2D eigenvalue weighted by Crippen LogP contribution is 2.25. The average molecular weight is 355 g/mol. The lowest BCUT2D eigenvalue weighted by Crippen LogP contribution is -2.58. The van der Waals surface area contributed by atoms with E-state index >= 15 is 0 Å². The SMILES string of the molecule is COC(=O)[C@@H]1CCCN1C(=O)[C@H](C(C)C)N(C)C(=O)[C@@H](N)C(C)(C)C. The Morgan fingerprint density at radius 3 is 2.24 bits per heavy atom. The standard InChI is InChI=1S/C18H33N3O4/c1-11(2)13(20(6)16(23)14(19)18(3,4)5)15(22)21-10-8-9-12(21)17(24)25-7/h11-14H,8-10,19H2,1-7H3/t12-,13-,14+/m0/s1. The van der Waals surface area contributed by atoms with Crippen LogP contribution in [-0.4, -0.2) is 66.4 Å².